The van der Waals surface area contributed by atoms with Crippen LogP contribution in [0, 0.1) is 0 Å². The summed E-state index contributed by atoms with van der Waals surface area (Å²) < 4.78 is 59.4. The fourth-order valence-corrected chi connectivity index (χ4v) is 4.62. The summed E-state index contributed by atoms with van der Waals surface area (Å²) in [6.45, 7) is 2.49. The number of hydrogen-bond acceptors (Lipinski definition) is 5. The third-order valence-electron chi connectivity index (χ3n) is 3.87. The molecule has 1 atom stereocenters. The van der Waals surface area contributed by atoms with Gasteiger partial charge < -0.3 is 9.15 Å². The molecular weight excluding hydrogens is 338 g/mol. The molecular formula is C16H20ClNO4S. The van der Waals surface area contributed by atoms with E-state index in [4.69, 9.17) is 24.9 Å². The van der Waals surface area contributed by atoms with Crippen LogP contribution in [0.3, 0.4) is 0 Å². The van der Waals surface area contributed by atoms with E-state index in [2.05, 4.69) is 4.98 Å². The lowest BCUT2D eigenvalue weighted by Crippen LogP contribution is -2.36. The third kappa shape index (κ3) is 2.57. The molecule has 1 aromatic carbocycles. The second-order valence-electron chi connectivity index (χ2n) is 6.79. The Morgan fingerprint density at radius 3 is 2.70 bits per heavy atom. The first-order valence-electron chi connectivity index (χ1n) is 8.73. The lowest BCUT2D eigenvalue weighted by Gasteiger charge is -2.22. The molecule has 5 nitrogen and oxygen atoms in total. The maximum Gasteiger partial charge on any atom is 0.200 e. The van der Waals surface area contributed by atoms with Gasteiger partial charge in [-0.3, -0.25) is 0 Å². The third-order valence-corrected chi connectivity index (χ3v) is 6.59. The van der Waals surface area contributed by atoms with E-state index in [-0.39, 0.29) is 28.5 Å². The summed E-state index contributed by atoms with van der Waals surface area (Å²) in [6.07, 6.45) is -0.140. The zero-order chi connectivity index (χ0) is 19.5. The van der Waals surface area contributed by atoms with Gasteiger partial charge in [0.15, 0.2) is 15.4 Å². The predicted octanol–water partition coefficient (Wildman–Crippen LogP) is 3.73. The average Bonchev–Trinajstić information content (AvgIpc) is 3.12. The van der Waals surface area contributed by atoms with Crippen LogP contribution in [0.25, 0.3) is 11.1 Å². The first kappa shape index (κ1) is 13.2. The second kappa shape index (κ2) is 5.19. The lowest BCUT2D eigenvalue weighted by atomic mass is 9.97. The number of ether oxygens (including phenoxy) is 1. The topological polar surface area (TPSA) is 69.4 Å². The Morgan fingerprint density at radius 2 is 2.13 bits per heavy atom. The monoisotopic (exact) mass is 360 g/mol. The Bertz CT molecular complexity index is 954. The molecule has 0 radical (unpaired) electrons. The van der Waals surface area contributed by atoms with Gasteiger partial charge in [0.05, 0.1) is 16.4 Å². The molecule has 0 amide bonds. The van der Waals surface area contributed by atoms with Gasteiger partial charge in [0.25, 0.3) is 0 Å². The van der Waals surface area contributed by atoms with E-state index in [1.54, 1.807) is 6.07 Å². The Morgan fingerprint density at radius 1 is 1.39 bits per heavy atom. The minimum absolute atomic E-state index is 0.0158. The molecule has 0 bridgehead atoms. The van der Waals surface area contributed by atoms with E-state index in [0.29, 0.717) is 11.4 Å². The number of fused-ring (bicyclic) bond motifs is 1. The number of aromatic nitrogens is 1. The van der Waals surface area contributed by atoms with Gasteiger partial charge >= 0.3 is 0 Å². The molecule has 2 aromatic rings. The van der Waals surface area contributed by atoms with Crippen molar-refractivity contribution in [1.29, 1.82) is 0 Å². The van der Waals surface area contributed by atoms with Crippen molar-refractivity contribution in [2.24, 2.45) is 0 Å². The first-order valence-corrected chi connectivity index (χ1v) is 9.09. The lowest BCUT2D eigenvalue weighted by molar-refractivity contribution is 0.191. The van der Waals surface area contributed by atoms with E-state index < -0.39 is 33.5 Å². The van der Waals surface area contributed by atoms with Crippen LogP contribution in [-0.2, 0) is 20.0 Å². The largest absolute Gasteiger partial charge is 0.439 e. The van der Waals surface area contributed by atoms with E-state index in [1.807, 2.05) is 20.8 Å². The molecule has 1 fully saturated rings. The average molecular weight is 361 g/mol. The highest BCUT2D eigenvalue weighted by molar-refractivity contribution is 7.93. The first-order chi connectivity index (χ1) is 11.8. The van der Waals surface area contributed by atoms with Gasteiger partial charge in [-0.1, -0.05) is 32.4 Å². The van der Waals surface area contributed by atoms with E-state index in [0.717, 1.165) is 0 Å². The van der Waals surface area contributed by atoms with Gasteiger partial charge in [-0.2, -0.15) is 0 Å². The van der Waals surface area contributed by atoms with Crippen molar-refractivity contribution < 1.29 is 21.7 Å². The number of sulfone groups is 1. The van der Waals surface area contributed by atoms with Crippen molar-refractivity contribution in [3.63, 3.8) is 0 Å². The maximum atomic E-state index is 13.5. The van der Waals surface area contributed by atoms with Crippen LogP contribution in [0.5, 0.6) is 0 Å². The van der Waals surface area contributed by atoms with Gasteiger partial charge in [0.2, 0.25) is 5.89 Å². The summed E-state index contributed by atoms with van der Waals surface area (Å²) in [5.74, 6) is 0.344. The number of oxazole rings is 1. The number of halogens is 1. The fraction of sp³-hybridized carbons (Fsp3) is 0.562. The van der Waals surface area contributed by atoms with Crippen molar-refractivity contribution in [1.82, 2.24) is 4.98 Å². The zero-order valence-corrected chi connectivity index (χ0v) is 14.7. The van der Waals surface area contributed by atoms with E-state index >= 15 is 0 Å². The van der Waals surface area contributed by atoms with Crippen LogP contribution in [0.1, 0.15) is 44.0 Å². The Labute approximate surface area is 145 Å². The molecule has 23 heavy (non-hydrogen) atoms. The quantitative estimate of drug-likeness (QED) is 0.816. The Balaban J connectivity index is 2.33. The number of hydrogen-bond donors (Lipinski definition) is 0. The van der Waals surface area contributed by atoms with Crippen LogP contribution in [0.2, 0.25) is 5.02 Å². The van der Waals surface area contributed by atoms with Gasteiger partial charge in [-0.15, -0.1) is 0 Å². The molecule has 3 rings (SSSR count). The van der Waals surface area contributed by atoms with Gasteiger partial charge in [-0.25, -0.2) is 13.4 Å². The SMILES string of the molecule is [2H]C([2H])([2H])C1(S(=O)(=O)c2c(Cl)ccc3nc(C(C)(C)C)oc23)CCOC1. The van der Waals surface area contributed by atoms with E-state index in [9.17, 15) is 8.42 Å². The predicted molar refractivity (Wildman–Crippen MR) is 88.7 cm³/mol. The standard InChI is InChI=1S/C16H20ClNO4S/c1-15(2,3)14-18-11-6-5-10(17)13(12(11)22-14)23(19,20)16(4)7-8-21-9-16/h5-6H,7-9H2,1-4H3/i4D3. The van der Waals surface area contributed by atoms with Crippen LogP contribution in [-0.4, -0.2) is 31.4 Å². The van der Waals surface area contributed by atoms with Crippen LogP contribution >= 0.6 is 11.6 Å². The highest BCUT2D eigenvalue weighted by Crippen LogP contribution is 2.41. The van der Waals surface area contributed by atoms with Crippen molar-refractivity contribution in [2.45, 2.75) is 49.1 Å². The summed E-state index contributed by atoms with van der Waals surface area (Å²) in [4.78, 5) is 4.02. The van der Waals surface area contributed by atoms with E-state index in [1.165, 1.54) is 6.07 Å². The summed E-state index contributed by atoms with van der Waals surface area (Å²) in [6, 6.07) is 2.96. The Kier molecular flexibility index (Phi) is 2.98. The van der Waals surface area contributed by atoms with Crippen molar-refractivity contribution in [2.75, 3.05) is 13.2 Å². The number of benzene rings is 1. The van der Waals surface area contributed by atoms with Crippen molar-refractivity contribution >= 4 is 32.5 Å². The molecule has 1 unspecified atom stereocenters. The van der Waals surface area contributed by atoms with Gasteiger partial charge in [-0.05, 0) is 25.4 Å². The molecule has 1 saturated heterocycles. The highest BCUT2D eigenvalue weighted by atomic mass is 35.5. The molecule has 1 aliphatic rings. The van der Waals surface area contributed by atoms with Crippen molar-refractivity contribution in [3.8, 4) is 0 Å². The summed E-state index contributed by atoms with van der Waals surface area (Å²) in [5, 5.41) is -0.0929. The van der Waals surface area contributed by atoms with Gasteiger partial charge in [0, 0.05) is 16.1 Å². The zero-order valence-electron chi connectivity index (χ0n) is 16.1. The van der Waals surface area contributed by atoms with Crippen LogP contribution in [0.15, 0.2) is 21.4 Å². The summed E-state index contributed by atoms with van der Waals surface area (Å²) in [5.41, 5.74) is -0.152. The number of rotatable bonds is 2. The molecule has 1 aromatic heterocycles. The second-order valence-corrected chi connectivity index (χ2v) is 9.40. The highest BCUT2D eigenvalue weighted by Gasteiger charge is 2.46. The molecule has 0 spiro atoms. The van der Waals surface area contributed by atoms with Crippen molar-refractivity contribution in [3.05, 3.63) is 23.0 Å². The minimum Gasteiger partial charge on any atom is -0.439 e. The van der Waals surface area contributed by atoms with Crippen LogP contribution in [0.4, 0.5) is 0 Å². The van der Waals surface area contributed by atoms with Crippen LogP contribution < -0.4 is 0 Å². The smallest absolute Gasteiger partial charge is 0.200 e. The molecule has 0 N–H and O–H groups in total. The number of nitrogens with zero attached hydrogens (tertiary/aromatic N) is 1. The molecule has 7 heteroatoms. The normalized spacial score (nSPS) is 25.3. The van der Waals surface area contributed by atoms with Gasteiger partial charge in [0.1, 0.15) is 10.4 Å². The molecule has 0 aliphatic carbocycles. The molecule has 2 heterocycles. The molecule has 1 aliphatic heterocycles. The Hall–Kier alpha value is -1.11. The maximum absolute atomic E-state index is 13.5. The minimum atomic E-state index is -4.40. The fourth-order valence-electron chi connectivity index (χ4n) is 2.47. The molecule has 126 valence electrons. The summed E-state index contributed by atoms with van der Waals surface area (Å²) in [7, 11) is -4.40. The summed E-state index contributed by atoms with van der Waals surface area (Å²) >= 11 is 6.21. The molecule has 0 saturated carbocycles.